The highest BCUT2D eigenvalue weighted by Gasteiger charge is 2.23. The number of fused-ring (bicyclic) bond motifs is 4. The van der Waals surface area contributed by atoms with Crippen molar-refractivity contribution < 1.29 is 4.42 Å². The largest absolute Gasteiger partial charge is 0.436 e. The lowest BCUT2D eigenvalue weighted by molar-refractivity contribution is 0.620. The first-order valence-corrected chi connectivity index (χ1v) is 22.8. The van der Waals surface area contributed by atoms with E-state index in [0.717, 1.165) is 85.2 Å². The highest BCUT2D eigenvalue weighted by molar-refractivity contribution is 6.10. The SMILES string of the molecule is C1=CCCC(c2cc(N(c3ccccc3-c3ccccc3)c3ccccc3-c3cccc(-c4cccc5c4ccc4oc(-c6ccccc6)nc45)c3)ccc2-c2cccc3ccccc23)=C1. The molecule has 0 saturated heterocycles. The molecule has 3 heteroatoms. The average Bonchev–Trinajstić information content (AvgIpc) is 3.85. The second-order valence-corrected chi connectivity index (χ2v) is 16.9. The smallest absolute Gasteiger partial charge is 0.227 e. The van der Waals surface area contributed by atoms with Crippen molar-refractivity contribution in [2.75, 3.05) is 4.90 Å². The second-order valence-electron chi connectivity index (χ2n) is 16.9. The number of hydrogen-bond acceptors (Lipinski definition) is 3. The van der Waals surface area contributed by atoms with E-state index < -0.39 is 0 Å². The summed E-state index contributed by atoms with van der Waals surface area (Å²) in [7, 11) is 0. The van der Waals surface area contributed by atoms with Crippen LogP contribution in [-0.4, -0.2) is 4.98 Å². The summed E-state index contributed by atoms with van der Waals surface area (Å²) in [4.78, 5) is 7.50. The Kier molecular flexibility index (Phi) is 10.00. The molecule has 66 heavy (non-hydrogen) atoms. The van der Waals surface area contributed by atoms with Gasteiger partial charge in [-0.25, -0.2) is 4.98 Å². The number of benzene rings is 10. The molecule has 10 aromatic carbocycles. The van der Waals surface area contributed by atoms with Gasteiger partial charge in [-0.2, -0.15) is 0 Å². The van der Waals surface area contributed by atoms with Crippen LogP contribution < -0.4 is 4.90 Å². The van der Waals surface area contributed by atoms with Crippen molar-refractivity contribution in [1.82, 2.24) is 4.98 Å². The first-order valence-electron chi connectivity index (χ1n) is 22.8. The van der Waals surface area contributed by atoms with Crippen molar-refractivity contribution in [3.63, 3.8) is 0 Å². The van der Waals surface area contributed by atoms with E-state index in [2.05, 4.69) is 217 Å². The molecule has 0 saturated carbocycles. The lowest BCUT2D eigenvalue weighted by Gasteiger charge is -2.31. The summed E-state index contributed by atoms with van der Waals surface area (Å²) in [6.45, 7) is 0. The summed E-state index contributed by atoms with van der Waals surface area (Å²) in [5, 5.41) is 4.69. The number of rotatable bonds is 9. The Labute approximate surface area is 384 Å². The lowest BCUT2D eigenvalue weighted by atomic mass is 9.87. The normalized spacial score (nSPS) is 12.5. The molecule has 0 radical (unpaired) electrons. The topological polar surface area (TPSA) is 29.3 Å². The van der Waals surface area contributed by atoms with Gasteiger partial charge in [-0.05, 0) is 128 Å². The number of allylic oxidation sites excluding steroid dienone is 4. The summed E-state index contributed by atoms with van der Waals surface area (Å²) >= 11 is 0. The van der Waals surface area contributed by atoms with Crippen LogP contribution in [0.2, 0.25) is 0 Å². The van der Waals surface area contributed by atoms with Crippen LogP contribution in [0.25, 0.3) is 94.2 Å². The standard InChI is InChI=1S/C63H44N2O/c1-4-19-44(20-5-1)52-30-12-14-35-59(52)65(49-37-38-56(58(42-49)45-21-6-2-7-22-45)54-33-17-26-43-23-10-11-29-50(43)54)60-36-15-13-31-53(60)48-28-16-27-47(41-48)51-32-18-34-57-55(51)39-40-61-62(57)64-63(66-61)46-24-8-3-9-25-46/h1-6,8-21,23-42H,7,22H2. The molecule has 11 aromatic rings. The number of para-hydroxylation sites is 2. The van der Waals surface area contributed by atoms with E-state index in [9.17, 15) is 0 Å². The molecule has 3 nitrogen and oxygen atoms in total. The Hall–Kier alpha value is -8.53. The van der Waals surface area contributed by atoms with Gasteiger partial charge in [0.05, 0.1) is 11.4 Å². The minimum absolute atomic E-state index is 0.628. The van der Waals surface area contributed by atoms with E-state index in [4.69, 9.17) is 9.40 Å². The Bertz CT molecular complexity index is 3650. The minimum atomic E-state index is 0.628. The third-order valence-corrected chi connectivity index (χ3v) is 13.0. The molecule has 0 N–H and O–H groups in total. The Morgan fingerprint density at radius 1 is 0.409 bits per heavy atom. The van der Waals surface area contributed by atoms with Crippen molar-refractivity contribution in [3.8, 4) is 56.0 Å². The van der Waals surface area contributed by atoms with Gasteiger partial charge in [-0.3, -0.25) is 0 Å². The van der Waals surface area contributed by atoms with Gasteiger partial charge < -0.3 is 9.32 Å². The van der Waals surface area contributed by atoms with Crippen molar-refractivity contribution in [2.24, 2.45) is 0 Å². The molecule has 0 bridgehead atoms. The molecule has 0 unspecified atom stereocenters. The van der Waals surface area contributed by atoms with Crippen LogP contribution >= 0.6 is 0 Å². The van der Waals surface area contributed by atoms with Crippen molar-refractivity contribution in [2.45, 2.75) is 12.8 Å². The number of oxazole rings is 1. The fourth-order valence-electron chi connectivity index (χ4n) is 9.87. The van der Waals surface area contributed by atoms with Crippen LogP contribution in [0.1, 0.15) is 18.4 Å². The van der Waals surface area contributed by atoms with E-state index in [0.29, 0.717) is 5.89 Å². The summed E-state index contributed by atoms with van der Waals surface area (Å²) in [5.41, 5.74) is 17.8. The Morgan fingerprint density at radius 3 is 1.80 bits per heavy atom. The van der Waals surface area contributed by atoms with Crippen LogP contribution in [0.5, 0.6) is 0 Å². The first-order chi connectivity index (χ1) is 32.7. The van der Waals surface area contributed by atoms with E-state index >= 15 is 0 Å². The van der Waals surface area contributed by atoms with Crippen LogP contribution in [-0.2, 0) is 0 Å². The Morgan fingerprint density at radius 2 is 1.02 bits per heavy atom. The van der Waals surface area contributed by atoms with Gasteiger partial charge in [0.15, 0.2) is 5.58 Å². The fourth-order valence-corrected chi connectivity index (χ4v) is 9.87. The third kappa shape index (κ3) is 7.08. The van der Waals surface area contributed by atoms with Crippen molar-refractivity contribution >= 4 is 55.3 Å². The summed E-state index contributed by atoms with van der Waals surface area (Å²) in [6.07, 6.45) is 8.79. The van der Waals surface area contributed by atoms with Crippen molar-refractivity contribution in [1.29, 1.82) is 0 Å². The molecule has 0 aliphatic heterocycles. The summed E-state index contributed by atoms with van der Waals surface area (Å²) in [5.74, 6) is 0.628. The number of anilines is 3. The van der Waals surface area contributed by atoms with Gasteiger partial charge in [0, 0.05) is 27.8 Å². The van der Waals surface area contributed by atoms with Gasteiger partial charge in [0.25, 0.3) is 0 Å². The maximum Gasteiger partial charge on any atom is 0.227 e. The van der Waals surface area contributed by atoms with Gasteiger partial charge >= 0.3 is 0 Å². The predicted octanol–water partition coefficient (Wildman–Crippen LogP) is 17.7. The first kappa shape index (κ1) is 39.1. The molecule has 12 rings (SSSR count). The number of aromatic nitrogens is 1. The molecule has 0 atom stereocenters. The maximum atomic E-state index is 6.30. The molecular weight excluding hydrogens is 801 g/mol. The minimum Gasteiger partial charge on any atom is -0.436 e. The maximum absolute atomic E-state index is 6.30. The van der Waals surface area contributed by atoms with Crippen molar-refractivity contribution in [3.05, 3.63) is 248 Å². The molecular formula is C63H44N2O. The Balaban J connectivity index is 1.04. The number of hydrogen-bond donors (Lipinski definition) is 0. The lowest BCUT2D eigenvalue weighted by Crippen LogP contribution is -2.13. The highest BCUT2D eigenvalue weighted by Crippen LogP contribution is 2.48. The predicted molar refractivity (Wildman–Crippen MR) is 277 cm³/mol. The van der Waals surface area contributed by atoms with Gasteiger partial charge in [0.1, 0.15) is 5.52 Å². The van der Waals surface area contributed by atoms with Crippen LogP contribution in [0.15, 0.2) is 247 Å². The average molecular weight is 845 g/mol. The fraction of sp³-hybridized carbons (Fsp3) is 0.0317. The molecule has 1 aliphatic carbocycles. The van der Waals surface area contributed by atoms with E-state index in [1.54, 1.807) is 0 Å². The zero-order valence-corrected chi connectivity index (χ0v) is 36.3. The molecule has 312 valence electrons. The zero-order valence-electron chi connectivity index (χ0n) is 36.3. The molecule has 1 aromatic heterocycles. The third-order valence-electron chi connectivity index (χ3n) is 13.0. The zero-order chi connectivity index (χ0) is 43.8. The monoisotopic (exact) mass is 844 g/mol. The molecule has 0 fully saturated rings. The highest BCUT2D eigenvalue weighted by atomic mass is 16.3. The van der Waals surface area contributed by atoms with Crippen LogP contribution in [0.4, 0.5) is 17.1 Å². The van der Waals surface area contributed by atoms with E-state index in [1.165, 1.54) is 38.6 Å². The van der Waals surface area contributed by atoms with Gasteiger partial charge in [-0.1, -0.05) is 188 Å². The summed E-state index contributed by atoms with van der Waals surface area (Å²) < 4.78 is 6.30. The van der Waals surface area contributed by atoms with E-state index in [1.807, 2.05) is 30.3 Å². The summed E-state index contributed by atoms with van der Waals surface area (Å²) in [6, 6.07) is 80.8. The number of nitrogens with zero attached hydrogens (tertiary/aromatic N) is 2. The van der Waals surface area contributed by atoms with E-state index in [-0.39, 0.29) is 0 Å². The van der Waals surface area contributed by atoms with Crippen LogP contribution in [0, 0.1) is 0 Å². The van der Waals surface area contributed by atoms with Gasteiger partial charge in [0.2, 0.25) is 5.89 Å². The molecule has 0 spiro atoms. The quantitative estimate of drug-likeness (QED) is 0.145. The molecule has 1 aliphatic rings. The van der Waals surface area contributed by atoms with Crippen LogP contribution in [0.3, 0.4) is 0 Å². The second kappa shape index (κ2) is 16.9. The molecule has 1 heterocycles. The van der Waals surface area contributed by atoms with Gasteiger partial charge in [-0.15, -0.1) is 0 Å². The molecule has 0 amide bonds.